The highest BCUT2D eigenvalue weighted by Crippen LogP contribution is 2.30. The van der Waals surface area contributed by atoms with Crippen LogP contribution in [0.3, 0.4) is 0 Å². The highest BCUT2D eigenvalue weighted by atomic mass is 35.5. The molecule has 0 atom stereocenters. The van der Waals surface area contributed by atoms with Gasteiger partial charge in [0.15, 0.2) is 0 Å². The Kier molecular flexibility index (Phi) is 7.50. The summed E-state index contributed by atoms with van der Waals surface area (Å²) < 4.78 is 69.0. The van der Waals surface area contributed by atoms with E-state index in [9.17, 15) is 21.6 Å². The van der Waals surface area contributed by atoms with Crippen LogP contribution in [-0.2, 0) is 21.5 Å². The number of hydrogen-bond donors (Lipinski definition) is 1. The second kappa shape index (κ2) is 10.1. The van der Waals surface area contributed by atoms with Crippen LogP contribution in [0.5, 0.6) is 5.75 Å². The first-order valence-corrected chi connectivity index (χ1v) is 11.2. The summed E-state index contributed by atoms with van der Waals surface area (Å²) in [5.41, 5.74) is -4.52. The minimum Gasteiger partial charge on any atom is -0.497 e. The van der Waals surface area contributed by atoms with E-state index >= 15 is 0 Å². The summed E-state index contributed by atoms with van der Waals surface area (Å²) in [6.45, 7) is 0.0461. The van der Waals surface area contributed by atoms with Crippen LogP contribution >= 0.6 is 11.6 Å². The van der Waals surface area contributed by atoms with Gasteiger partial charge >= 0.3 is 15.5 Å². The lowest BCUT2D eigenvalue weighted by molar-refractivity contribution is -0.0429. The summed E-state index contributed by atoms with van der Waals surface area (Å²) in [6, 6.07) is 19.1. The number of nitrogens with zero attached hydrogens (tertiary/aromatic N) is 1. The van der Waals surface area contributed by atoms with Crippen molar-refractivity contribution < 1.29 is 31.2 Å². The van der Waals surface area contributed by atoms with E-state index in [4.69, 9.17) is 21.2 Å². The molecular weight excluding hydrogens is 481 g/mol. The van der Waals surface area contributed by atoms with Crippen molar-refractivity contribution in [2.24, 2.45) is 5.16 Å². The maximum atomic E-state index is 13.0. The average Bonchev–Trinajstić information content (AvgIpc) is 2.78. The molecule has 0 saturated carbocycles. The molecule has 0 bridgehead atoms. The Balaban J connectivity index is 2.00. The van der Waals surface area contributed by atoms with Crippen molar-refractivity contribution in [3.05, 3.63) is 94.5 Å². The zero-order chi connectivity index (χ0) is 24.1. The summed E-state index contributed by atoms with van der Waals surface area (Å²) in [7, 11) is -4.13. The van der Waals surface area contributed by atoms with E-state index in [1.54, 1.807) is 59.3 Å². The molecule has 11 heteroatoms. The summed E-state index contributed by atoms with van der Waals surface area (Å²) in [5.74, 6) is 0.660. The minimum absolute atomic E-state index is 0.0104. The van der Waals surface area contributed by atoms with Crippen LogP contribution in [0, 0.1) is 0 Å². The van der Waals surface area contributed by atoms with Gasteiger partial charge in [-0.15, -0.1) is 0 Å². The van der Waals surface area contributed by atoms with E-state index in [2.05, 4.69) is 5.16 Å². The van der Waals surface area contributed by atoms with Crippen LogP contribution in [0.25, 0.3) is 0 Å². The topological polar surface area (TPSA) is 77.0 Å². The summed E-state index contributed by atoms with van der Waals surface area (Å²) in [6.07, 6.45) is 0. The van der Waals surface area contributed by atoms with Gasteiger partial charge in [0.2, 0.25) is 0 Å². The molecule has 0 aliphatic rings. The molecular formula is C22H18ClF3N2O4S. The number of anilines is 1. The van der Waals surface area contributed by atoms with Crippen LogP contribution in [0.4, 0.5) is 18.9 Å². The van der Waals surface area contributed by atoms with Crippen LogP contribution in [0.15, 0.2) is 78.0 Å². The first kappa shape index (κ1) is 24.4. The molecule has 3 aromatic rings. The van der Waals surface area contributed by atoms with Gasteiger partial charge in [-0.25, -0.2) is 0 Å². The van der Waals surface area contributed by atoms with Crippen LogP contribution in [0.2, 0.25) is 5.02 Å². The largest absolute Gasteiger partial charge is 0.516 e. The molecule has 0 fully saturated rings. The van der Waals surface area contributed by atoms with Gasteiger partial charge in [-0.2, -0.15) is 21.6 Å². The van der Waals surface area contributed by atoms with Crippen molar-refractivity contribution in [1.29, 1.82) is 0 Å². The fourth-order valence-electron chi connectivity index (χ4n) is 2.75. The zero-order valence-electron chi connectivity index (χ0n) is 17.1. The first-order chi connectivity index (χ1) is 15.6. The first-order valence-electron chi connectivity index (χ1n) is 9.38. The van der Waals surface area contributed by atoms with Crippen molar-refractivity contribution in [3.8, 4) is 5.75 Å². The smallest absolute Gasteiger partial charge is 0.497 e. The molecule has 0 heterocycles. The fourth-order valence-corrected chi connectivity index (χ4v) is 3.51. The Morgan fingerprint density at radius 1 is 1.03 bits per heavy atom. The monoisotopic (exact) mass is 498 g/mol. The molecule has 0 amide bonds. The lowest BCUT2D eigenvalue weighted by Crippen LogP contribution is -2.30. The molecule has 0 unspecified atom stereocenters. The SMILES string of the molecule is COc1ccc(CO/N=C(\c2ccccc2)c2cc(Cl)ccc2NS(=O)(=O)C(F)(F)F)cc1. The molecule has 3 rings (SSSR count). The second-order valence-corrected chi connectivity index (χ2v) is 8.78. The molecule has 33 heavy (non-hydrogen) atoms. The van der Waals surface area contributed by atoms with Crippen molar-refractivity contribution >= 4 is 33.0 Å². The Morgan fingerprint density at radius 3 is 2.30 bits per heavy atom. The molecule has 0 aromatic heterocycles. The molecule has 174 valence electrons. The summed E-state index contributed by atoms with van der Waals surface area (Å²) in [4.78, 5) is 5.46. The molecule has 0 saturated heterocycles. The highest BCUT2D eigenvalue weighted by Gasteiger charge is 2.46. The van der Waals surface area contributed by atoms with Gasteiger partial charge in [-0.3, -0.25) is 4.72 Å². The maximum Gasteiger partial charge on any atom is 0.516 e. The quantitative estimate of drug-likeness (QED) is 0.325. The number of hydrogen-bond acceptors (Lipinski definition) is 5. The number of halogens is 4. The lowest BCUT2D eigenvalue weighted by atomic mass is 10.0. The third-order valence-electron chi connectivity index (χ3n) is 4.38. The van der Waals surface area contributed by atoms with E-state index in [-0.39, 0.29) is 28.6 Å². The number of benzene rings is 3. The zero-order valence-corrected chi connectivity index (χ0v) is 18.7. The van der Waals surface area contributed by atoms with Gasteiger partial charge in [0.05, 0.1) is 12.8 Å². The predicted octanol–water partition coefficient (Wildman–Crippen LogP) is 5.58. The number of sulfonamides is 1. The molecule has 6 nitrogen and oxygen atoms in total. The normalized spacial score (nSPS) is 12.3. The van der Waals surface area contributed by atoms with Crippen molar-refractivity contribution in [2.75, 3.05) is 11.8 Å². The second-order valence-electron chi connectivity index (χ2n) is 6.67. The van der Waals surface area contributed by atoms with Gasteiger partial charge in [0.1, 0.15) is 18.1 Å². The van der Waals surface area contributed by atoms with E-state index in [0.717, 1.165) is 11.6 Å². The number of methoxy groups -OCH3 is 1. The Morgan fingerprint density at radius 2 is 1.70 bits per heavy atom. The van der Waals surface area contributed by atoms with E-state index < -0.39 is 15.5 Å². The third kappa shape index (κ3) is 6.17. The maximum absolute atomic E-state index is 13.0. The number of ether oxygens (including phenoxy) is 1. The minimum atomic E-state index is -5.67. The van der Waals surface area contributed by atoms with E-state index in [1.807, 2.05) is 0 Å². The van der Waals surface area contributed by atoms with Crippen LogP contribution in [-0.4, -0.2) is 26.7 Å². The summed E-state index contributed by atoms with van der Waals surface area (Å²) in [5, 5.41) is 4.27. The Labute approximate surface area is 193 Å². The fraction of sp³-hybridized carbons (Fsp3) is 0.136. The van der Waals surface area contributed by atoms with Gasteiger partial charge < -0.3 is 9.57 Å². The van der Waals surface area contributed by atoms with E-state index in [1.165, 1.54) is 19.2 Å². The molecule has 0 radical (unpaired) electrons. The Hall–Kier alpha value is -3.24. The molecule has 0 spiro atoms. The van der Waals surface area contributed by atoms with E-state index in [0.29, 0.717) is 11.3 Å². The van der Waals surface area contributed by atoms with Crippen molar-refractivity contribution in [2.45, 2.75) is 12.1 Å². The average molecular weight is 499 g/mol. The van der Waals surface area contributed by atoms with Crippen LogP contribution in [0.1, 0.15) is 16.7 Å². The van der Waals surface area contributed by atoms with Gasteiger partial charge in [0, 0.05) is 16.1 Å². The lowest BCUT2D eigenvalue weighted by Gasteiger charge is -2.16. The third-order valence-corrected chi connectivity index (χ3v) is 5.71. The molecule has 3 aromatic carbocycles. The standard InChI is InChI=1S/C22H18ClF3N2O4S/c1-31-18-10-7-15(8-11-18)14-32-27-21(16-5-3-2-4-6-16)19-13-17(23)9-12-20(19)28-33(29,30)22(24,25)26/h2-13,28H,14H2,1H3/b27-21+. The van der Waals surface area contributed by atoms with Gasteiger partial charge in [-0.05, 0) is 35.9 Å². The predicted molar refractivity (Wildman–Crippen MR) is 120 cm³/mol. The molecule has 0 aliphatic carbocycles. The molecule has 1 N–H and O–H groups in total. The number of rotatable bonds is 8. The number of oxime groups is 1. The summed E-state index contributed by atoms with van der Waals surface area (Å²) >= 11 is 6.06. The van der Waals surface area contributed by atoms with Crippen molar-refractivity contribution in [1.82, 2.24) is 0 Å². The molecule has 0 aliphatic heterocycles. The Bertz CT molecular complexity index is 1230. The van der Waals surface area contributed by atoms with Gasteiger partial charge in [-0.1, -0.05) is 59.2 Å². The van der Waals surface area contributed by atoms with Crippen molar-refractivity contribution in [3.63, 3.8) is 0 Å². The number of alkyl halides is 3. The van der Waals surface area contributed by atoms with Gasteiger partial charge in [0.25, 0.3) is 0 Å². The number of nitrogens with one attached hydrogen (secondary N) is 1. The highest BCUT2D eigenvalue weighted by molar-refractivity contribution is 7.93. The van der Waals surface area contributed by atoms with Crippen LogP contribution < -0.4 is 9.46 Å².